The van der Waals surface area contributed by atoms with E-state index < -0.39 is 0 Å². The third-order valence-electron chi connectivity index (χ3n) is 1.82. The smallest absolute Gasteiger partial charge is 0.190 e. The molecule has 76 valence electrons. The average Bonchev–Trinajstić information content (AvgIpc) is 2.02. The van der Waals surface area contributed by atoms with Crippen LogP contribution in [0.1, 0.15) is 33.6 Å². The molecule has 0 amide bonds. The highest BCUT2D eigenvalue weighted by molar-refractivity contribution is 5.76. The molecule has 0 rings (SSSR count). The van der Waals surface area contributed by atoms with Crippen molar-refractivity contribution in [3.8, 4) is 0 Å². The molecule has 0 aliphatic carbocycles. The Balaban J connectivity index is 4.48. The van der Waals surface area contributed by atoms with Gasteiger partial charge < -0.3 is 17.2 Å². The summed E-state index contributed by atoms with van der Waals surface area (Å²) in [5, 5.41) is 0. The van der Waals surface area contributed by atoms with Gasteiger partial charge in [-0.3, -0.25) is 0 Å². The summed E-state index contributed by atoms with van der Waals surface area (Å²) in [5.41, 5.74) is 18.4. The lowest BCUT2D eigenvalue weighted by atomic mass is 10.1. The largest absolute Gasteiger partial charge is 0.370 e. The predicted octanol–water partition coefficient (Wildman–Crippen LogP) is 0.681. The zero-order valence-electron chi connectivity index (χ0n) is 8.67. The van der Waals surface area contributed by atoms with Gasteiger partial charge in [-0.15, -0.1) is 0 Å². The number of allylic oxidation sites excluding steroid dienone is 1. The fourth-order valence-corrected chi connectivity index (χ4v) is 0.910. The van der Waals surface area contributed by atoms with E-state index in [9.17, 15) is 0 Å². The molecule has 0 saturated carbocycles. The van der Waals surface area contributed by atoms with Gasteiger partial charge in [0, 0.05) is 18.2 Å². The molecule has 0 radical (unpaired) electrons. The van der Waals surface area contributed by atoms with Crippen molar-refractivity contribution in [2.75, 3.05) is 0 Å². The third-order valence-corrected chi connectivity index (χ3v) is 1.82. The van der Waals surface area contributed by atoms with E-state index in [0.29, 0.717) is 0 Å². The standard InChI is InChI=1S/C9H20N4/c1-4-7(10)5-8(6(2)3)13-9(11)12/h7H,4-5,10H2,1-3H3,(H4,11,12,13)/t7-/m0/s1. The van der Waals surface area contributed by atoms with Crippen LogP contribution in [0.2, 0.25) is 0 Å². The van der Waals surface area contributed by atoms with Crippen molar-refractivity contribution in [2.24, 2.45) is 22.2 Å². The van der Waals surface area contributed by atoms with Crippen molar-refractivity contribution in [3.05, 3.63) is 11.3 Å². The number of hydrogen-bond acceptors (Lipinski definition) is 2. The molecule has 4 heteroatoms. The zero-order valence-corrected chi connectivity index (χ0v) is 8.67. The summed E-state index contributed by atoms with van der Waals surface area (Å²) < 4.78 is 0. The van der Waals surface area contributed by atoms with E-state index in [4.69, 9.17) is 17.2 Å². The Kier molecular flexibility index (Phi) is 5.14. The molecule has 4 nitrogen and oxygen atoms in total. The lowest BCUT2D eigenvalue weighted by molar-refractivity contribution is 0.636. The predicted molar refractivity (Wildman–Crippen MR) is 57.1 cm³/mol. The van der Waals surface area contributed by atoms with E-state index in [-0.39, 0.29) is 12.0 Å². The van der Waals surface area contributed by atoms with Gasteiger partial charge in [0.05, 0.1) is 0 Å². The van der Waals surface area contributed by atoms with Crippen molar-refractivity contribution >= 4 is 5.96 Å². The second kappa shape index (κ2) is 5.59. The van der Waals surface area contributed by atoms with E-state index in [2.05, 4.69) is 4.99 Å². The fourth-order valence-electron chi connectivity index (χ4n) is 0.910. The van der Waals surface area contributed by atoms with Crippen LogP contribution in [0.5, 0.6) is 0 Å². The minimum absolute atomic E-state index is 0.0968. The lowest BCUT2D eigenvalue weighted by Crippen LogP contribution is -2.24. The van der Waals surface area contributed by atoms with E-state index in [0.717, 1.165) is 24.1 Å². The van der Waals surface area contributed by atoms with Crippen LogP contribution in [0.25, 0.3) is 0 Å². The first-order chi connectivity index (χ1) is 5.97. The Labute approximate surface area is 79.9 Å². The first-order valence-corrected chi connectivity index (χ1v) is 4.49. The van der Waals surface area contributed by atoms with Crippen LogP contribution in [-0.2, 0) is 0 Å². The molecule has 0 unspecified atom stereocenters. The minimum Gasteiger partial charge on any atom is -0.370 e. The number of guanidine groups is 1. The highest BCUT2D eigenvalue weighted by atomic mass is 15.0. The Hall–Kier alpha value is -1.03. The molecule has 0 heterocycles. The van der Waals surface area contributed by atoms with Crippen LogP contribution in [0.15, 0.2) is 16.3 Å². The van der Waals surface area contributed by atoms with Crippen molar-refractivity contribution in [3.63, 3.8) is 0 Å². The van der Waals surface area contributed by atoms with Crippen molar-refractivity contribution in [1.29, 1.82) is 0 Å². The highest BCUT2D eigenvalue weighted by Crippen LogP contribution is 2.12. The molecule has 1 atom stereocenters. The maximum atomic E-state index is 5.80. The van der Waals surface area contributed by atoms with Crippen LogP contribution in [0.4, 0.5) is 0 Å². The number of aliphatic imine (C=N–C) groups is 1. The van der Waals surface area contributed by atoms with Crippen LogP contribution in [0.3, 0.4) is 0 Å². The summed E-state index contributed by atoms with van der Waals surface area (Å²) >= 11 is 0. The Bertz CT molecular complexity index is 210. The quantitative estimate of drug-likeness (QED) is 0.443. The summed E-state index contributed by atoms with van der Waals surface area (Å²) in [6.07, 6.45) is 1.66. The minimum atomic E-state index is 0.0968. The molecule has 0 aliphatic heterocycles. The molecule has 0 aliphatic rings. The van der Waals surface area contributed by atoms with Gasteiger partial charge >= 0.3 is 0 Å². The molecular formula is C9H20N4. The van der Waals surface area contributed by atoms with Gasteiger partial charge in [0.1, 0.15) is 0 Å². The normalized spacial score (nSPS) is 12.0. The summed E-state index contributed by atoms with van der Waals surface area (Å²) in [5.74, 6) is 0.0968. The Morgan fingerprint density at radius 1 is 1.31 bits per heavy atom. The molecular weight excluding hydrogens is 164 g/mol. The molecule has 6 N–H and O–H groups in total. The van der Waals surface area contributed by atoms with Gasteiger partial charge in [-0.2, -0.15) is 0 Å². The summed E-state index contributed by atoms with van der Waals surface area (Å²) in [6.45, 7) is 6.00. The van der Waals surface area contributed by atoms with E-state index in [1.54, 1.807) is 0 Å². The third kappa shape index (κ3) is 5.25. The van der Waals surface area contributed by atoms with Crippen LogP contribution in [-0.4, -0.2) is 12.0 Å². The van der Waals surface area contributed by atoms with E-state index in [1.807, 2.05) is 20.8 Å². The van der Waals surface area contributed by atoms with E-state index >= 15 is 0 Å². The van der Waals surface area contributed by atoms with Gasteiger partial charge in [0.2, 0.25) is 0 Å². The fraction of sp³-hybridized carbons (Fsp3) is 0.667. The molecule has 0 aromatic rings. The van der Waals surface area contributed by atoms with Crippen molar-refractivity contribution in [2.45, 2.75) is 39.7 Å². The van der Waals surface area contributed by atoms with Crippen molar-refractivity contribution < 1.29 is 0 Å². The van der Waals surface area contributed by atoms with Crippen LogP contribution in [0, 0.1) is 0 Å². The molecule has 13 heavy (non-hydrogen) atoms. The lowest BCUT2D eigenvalue weighted by Gasteiger charge is -2.10. The monoisotopic (exact) mass is 184 g/mol. The zero-order chi connectivity index (χ0) is 10.4. The summed E-state index contributed by atoms with van der Waals surface area (Å²) in [6, 6.07) is 0.132. The molecule has 0 fully saturated rings. The van der Waals surface area contributed by atoms with Gasteiger partial charge in [-0.05, 0) is 20.3 Å². The molecule has 0 aromatic heterocycles. The number of nitrogens with two attached hydrogens (primary N) is 3. The Morgan fingerprint density at radius 2 is 1.85 bits per heavy atom. The maximum absolute atomic E-state index is 5.80. The topological polar surface area (TPSA) is 90.4 Å². The molecule has 0 spiro atoms. The SMILES string of the molecule is CC[C@H](N)CC(N=C(N)N)=C(C)C. The number of rotatable bonds is 4. The molecule has 0 aromatic carbocycles. The second-order valence-corrected chi connectivity index (χ2v) is 3.36. The summed E-state index contributed by atoms with van der Waals surface area (Å²) in [7, 11) is 0. The second-order valence-electron chi connectivity index (χ2n) is 3.36. The first kappa shape index (κ1) is 12.0. The van der Waals surface area contributed by atoms with Gasteiger partial charge in [0.15, 0.2) is 5.96 Å². The number of nitrogens with zero attached hydrogens (tertiary/aromatic N) is 1. The van der Waals surface area contributed by atoms with Gasteiger partial charge in [-0.25, -0.2) is 4.99 Å². The summed E-state index contributed by atoms with van der Waals surface area (Å²) in [4.78, 5) is 4.04. The highest BCUT2D eigenvalue weighted by Gasteiger charge is 2.04. The van der Waals surface area contributed by atoms with Crippen LogP contribution >= 0.6 is 0 Å². The van der Waals surface area contributed by atoms with Gasteiger partial charge in [-0.1, -0.05) is 12.5 Å². The average molecular weight is 184 g/mol. The molecule has 0 saturated heterocycles. The van der Waals surface area contributed by atoms with Crippen molar-refractivity contribution in [1.82, 2.24) is 0 Å². The molecule has 0 bridgehead atoms. The van der Waals surface area contributed by atoms with E-state index in [1.165, 1.54) is 0 Å². The maximum Gasteiger partial charge on any atom is 0.190 e. The Morgan fingerprint density at radius 3 is 2.15 bits per heavy atom. The first-order valence-electron chi connectivity index (χ1n) is 4.49. The number of hydrogen-bond donors (Lipinski definition) is 3. The van der Waals surface area contributed by atoms with Gasteiger partial charge in [0.25, 0.3) is 0 Å². The van der Waals surface area contributed by atoms with Crippen LogP contribution < -0.4 is 17.2 Å².